The summed E-state index contributed by atoms with van der Waals surface area (Å²) in [5, 5.41) is 11.5. The summed E-state index contributed by atoms with van der Waals surface area (Å²) >= 11 is 3.01. The van der Waals surface area contributed by atoms with Crippen molar-refractivity contribution in [1.82, 2.24) is 0 Å². The van der Waals surface area contributed by atoms with Crippen LogP contribution in [-0.2, 0) is 11.2 Å². The van der Waals surface area contributed by atoms with Gasteiger partial charge in [0.05, 0.1) is 10.9 Å². The predicted molar refractivity (Wildman–Crippen MR) is 79.8 cm³/mol. The molecule has 108 valence electrons. The minimum absolute atomic E-state index is 0.189. The van der Waals surface area contributed by atoms with Gasteiger partial charge < -0.3 is 10.4 Å². The van der Waals surface area contributed by atoms with Gasteiger partial charge in [0.25, 0.3) is 5.91 Å². The van der Waals surface area contributed by atoms with E-state index in [1.54, 1.807) is 24.3 Å². The van der Waals surface area contributed by atoms with E-state index < -0.39 is 17.7 Å². The SMILES string of the molecule is O=C(O)Cc1ccccc1NC(=O)c1ccc(F)c(Br)c1. The quantitative estimate of drug-likeness (QED) is 0.886. The third-order valence-corrected chi connectivity index (χ3v) is 3.40. The van der Waals surface area contributed by atoms with Gasteiger partial charge in [-0.3, -0.25) is 9.59 Å². The number of halogens is 2. The molecule has 0 spiro atoms. The maximum atomic E-state index is 13.2. The van der Waals surface area contributed by atoms with Gasteiger partial charge in [0.15, 0.2) is 0 Å². The van der Waals surface area contributed by atoms with Crippen LogP contribution in [0.3, 0.4) is 0 Å². The van der Waals surface area contributed by atoms with Crippen LogP contribution in [0.25, 0.3) is 0 Å². The van der Waals surface area contributed by atoms with Crippen molar-refractivity contribution in [2.45, 2.75) is 6.42 Å². The lowest BCUT2D eigenvalue weighted by molar-refractivity contribution is -0.136. The third-order valence-electron chi connectivity index (χ3n) is 2.79. The predicted octanol–water partition coefficient (Wildman–Crippen LogP) is 3.47. The van der Waals surface area contributed by atoms with Gasteiger partial charge in [-0.25, -0.2) is 4.39 Å². The molecule has 4 nitrogen and oxygen atoms in total. The number of carboxylic acid groups (broad SMARTS) is 1. The maximum Gasteiger partial charge on any atom is 0.307 e. The molecule has 0 fully saturated rings. The van der Waals surface area contributed by atoms with E-state index in [0.29, 0.717) is 11.3 Å². The molecule has 0 bridgehead atoms. The number of carboxylic acids is 1. The van der Waals surface area contributed by atoms with Gasteiger partial charge in [0.2, 0.25) is 0 Å². The number of benzene rings is 2. The lowest BCUT2D eigenvalue weighted by atomic mass is 10.1. The molecule has 0 heterocycles. The number of rotatable bonds is 4. The average molecular weight is 352 g/mol. The first-order valence-electron chi connectivity index (χ1n) is 6.03. The second-order valence-electron chi connectivity index (χ2n) is 4.31. The van der Waals surface area contributed by atoms with E-state index in [1.807, 2.05) is 0 Å². The molecule has 0 radical (unpaired) electrons. The Morgan fingerprint density at radius 1 is 1.19 bits per heavy atom. The second-order valence-corrected chi connectivity index (χ2v) is 5.17. The first kappa shape index (κ1) is 15.2. The lowest BCUT2D eigenvalue weighted by Gasteiger charge is -2.10. The topological polar surface area (TPSA) is 66.4 Å². The van der Waals surface area contributed by atoms with Crippen LogP contribution in [0.15, 0.2) is 46.9 Å². The van der Waals surface area contributed by atoms with Crippen molar-refractivity contribution in [3.63, 3.8) is 0 Å². The highest BCUT2D eigenvalue weighted by molar-refractivity contribution is 9.10. The molecule has 0 saturated heterocycles. The summed E-state index contributed by atoms with van der Waals surface area (Å²) in [6.07, 6.45) is -0.191. The maximum absolute atomic E-state index is 13.2. The highest BCUT2D eigenvalue weighted by Crippen LogP contribution is 2.20. The van der Waals surface area contributed by atoms with E-state index in [4.69, 9.17) is 5.11 Å². The number of aliphatic carboxylic acids is 1. The van der Waals surface area contributed by atoms with Crippen molar-refractivity contribution in [1.29, 1.82) is 0 Å². The van der Waals surface area contributed by atoms with Crippen molar-refractivity contribution in [3.8, 4) is 0 Å². The molecule has 0 aliphatic carbocycles. The molecular formula is C15H11BrFNO3. The summed E-state index contributed by atoms with van der Waals surface area (Å²) < 4.78 is 13.3. The zero-order valence-electron chi connectivity index (χ0n) is 10.8. The summed E-state index contributed by atoms with van der Waals surface area (Å²) in [5.74, 6) is -1.88. The highest BCUT2D eigenvalue weighted by Gasteiger charge is 2.12. The van der Waals surface area contributed by atoms with Crippen LogP contribution in [0.1, 0.15) is 15.9 Å². The van der Waals surface area contributed by atoms with Crippen LogP contribution < -0.4 is 5.32 Å². The Balaban J connectivity index is 2.23. The molecule has 0 saturated carbocycles. The fraction of sp³-hybridized carbons (Fsp3) is 0.0667. The molecule has 0 atom stereocenters. The molecule has 0 aliphatic heterocycles. The van der Waals surface area contributed by atoms with Gasteiger partial charge in [-0.15, -0.1) is 0 Å². The molecule has 0 aliphatic rings. The normalized spacial score (nSPS) is 10.2. The van der Waals surface area contributed by atoms with Crippen molar-refractivity contribution in [2.75, 3.05) is 5.32 Å². The minimum Gasteiger partial charge on any atom is -0.481 e. The van der Waals surface area contributed by atoms with Gasteiger partial charge in [-0.1, -0.05) is 18.2 Å². The fourth-order valence-electron chi connectivity index (χ4n) is 1.79. The van der Waals surface area contributed by atoms with Crippen LogP contribution >= 0.6 is 15.9 Å². The number of nitrogens with one attached hydrogen (secondary N) is 1. The Hall–Kier alpha value is -2.21. The van der Waals surface area contributed by atoms with Gasteiger partial charge in [0.1, 0.15) is 5.82 Å². The van der Waals surface area contributed by atoms with E-state index in [0.717, 1.165) is 0 Å². The van der Waals surface area contributed by atoms with Crippen LogP contribution in [-0.4, -0.2) is 17.0 Å². The van der Waals surface area contributed by atoms with E-state index in [1.165, 1.54) is 18.2 Å². The smallest absolute Gasteiger partial charge is 0.307 e. The Morgan fingerprint density at radius 2 is 1.90 bits per heavy atom. The van der Waals surface area contributed by atoms with Crippen molar-refractivity contribution < 1.29 is 19.1 Å². The van der Waals surface area contributed by atoms with Gasteiger partial charge in [0, 0.05) is 11.3 Å². The van der Waals surface area contributed by atoms with E-state index in [-0.39, 0.29) is 16.5 Å². The Morgan fingerprint density at radius 3 is 2.57 bits per heavy atom. The third kappa shape index (κ3) is 3.88. The average Bonchev–Trinajstić information content (AvgIpc) is 2.43. The number of hydrogen-bond donors (Lipinski definition) is 2. The zero-order valence-corrected chi connectivity index (χ0v) is 12.4. The van der Waals surface area contributed by atoms with Crippen LogP contribution in [0, 0.1) is 5.82 Å². The minimum atomic E-state index is -0.985. The number of hydrogen-bond acceptors (Lipinski definition) is 2. The number of carbonyl (C=O) groups is 2. The van der Waals surface area contributed by atoms with Crippen LogP contribution in [0.4, 0.5) is 10.1 Å². The number of anilines is 1. The van der Waals surface area contributed by atoms with Gasteiger partial charge in [-0.2, -0.15) is 0 Å². The van der Waals surface area contributed by atoms with E-state index in [9.17, 15) is 14.0 Å². The number of carbonyl (C=O) groups excluding carboxylic acids is 1. The summed E-state index contributed by atoms with van der Waals surface area (Å²) in [6.45, 7) is 0. The monoisotopic (exact) mass is 351 g/mol. The molecular weight excluding hydrogens is 341 g/mol. The fourth-order valence-corrected chi connectivity index (χ4v) is 2.17. The summed E-state index contributed by atoms with van der Waals surface area (Å²) in [7, 11) is 0. The number of para-hydroxylation sites is 1. The summed E-state index contributed by atoms with van der Waals surface area (Å²) in [6, 6.07) is 10.5. The molecule has 2 aromatic rings. The van der Waals surface area contributed by atoms with Crippen molar-refractivity contribution in [2.24, 2.45) is 0 Å². The standard InChI is InChI=1S/C15H11BrFNO3/c16-11-7-10(5-6-12(11)17)15(21)18-13-4-2-1-3-9(13)8-14(19)20/h1-7H,8H2,(H,18,21)(H,19,20). The molecule has 21 heavy (non-hydrogen) atoms. The van der Waals surface area contributed by atoms with E-state index >= 15 is 0 Å². The Kier molecular flexibility index (Phi) is 4.70. The lowest BCUT2D eigenvalue weighted by Crippen LogP contribution is -2.14. The first-order valence-corrected chi connectivity index (χ1v) is 6.83. The van der Waals surface area contributed by atoms with Gasteiger partial charge in [-0.05, 0) is 45.8 Å². The molecule has 2 aromatic carbocycles. The number of amides is 1. The highest BCUT2D eigenvalue weighted by atomic mass is 79.9. The van der Waals surface area contributed by atoms with Gasteiger partial charge >= 0.3 is 5.97 Å². The van der Waals surface area contributed by atoms with Crippen molar-refractivity contribution in [3.05, 3.63) is 63.9 Å². The molecule has 0 aromatic heterocycles. The molecule has 2 N–H and O–H groups in total. The zero-order chi connectivity index (χ0) is 15.4. The Bertz CT molecular complexity index is 703. The van der Waals surface area contributed by atoms with Crippen LogP contribution in [0.2, 0.25) is 0 Å². The molecule has 6 heteroatoms. The molecule has 2 rings (SSSR count). The molecule has 1 amide bonds. The molecule has 0 unspecified atom stereocenters. The Labute approximate surface area is 128 Å². The first-order chi connectivity index (χ1) is 9.97. The summed E-state index contributed by atoms with van der Waals surface area (Å²) in [5.41, 5.74) is 1.19. The van der Waals surface area contributed by atoms with E-state index in [2.05, 4.69) is 21.2 Å². The second kappa shape index (κ2) is 6.49. The van der Waals surface area contributed by atoms with Crippen LogP contribution in [0.5, 0.6) is 0 Å². The largest absolute Gasteiger partial charge is 0.481 e. The summed E-state index contributed by atoms with van der Waals surface area (Å²) in [4.78, 5) is 22.9. The van der Waals surface area contributed by atoms with Crippen molar-refractivity contribution >= 4 is 33.5 Å².